The minimum absolute atomic E-state index is 0.0517. The average Bonchev–Trinajstić information content (AvgIpc) is 3.42. The summed E-state index contributed by atoms with van der Waals surface area (Å²) >= 11 is 5.97. The van der Waals surface area contributed by atoms with Crippen LogP contribution in [0.4, 0.5) is 0 Å². The van der Waals surface area contributed by atoms with Gasteiger partial charge in [-0.05, 0) is 74.1 Å². The Balaban J connectivity index is 1.50. The molecule has 7 heteroatoms. The molecule has 2 aliphatic rings. The lowest BCUT2D eigenvalue weighted by Gasteiger charge is -2.43. The Labute approximate surface area is 164 Å². The molecular weight excluding hydrogens is 384 g/mol. The molecule has 2 aromatic rings. The van der Waals surface area contributed by atoms with Crippen LogP contribution in [-0.2, 0) is 15.6 Å². The molecule has 27 heavy (non-hydrogen) atoms. The van der Waals surface area contributed by atoms with E-state index in [9.17, 15) is 13.2 Å². The highest BCUT2D eigenvalue weighted by Gasteiger charge is 2.40. The molecule has 5 nitrogen and oxygen atoms in total. The van der Waals surface area contributed by atoms with Crippen LogP contribution >= 0.6 is 11.6 Å². The van der Waals surface area contributed by atoms with Crippen molar-refractivity contribution in [2.75, 3.05) is 0 Å². The van der Waals surface area contributed by atoms with E-state index in [0.29, 0.717) is 10.6 Å². The Bertz CT molecular complexity index is 948. The van der Waals surface area contributed by atoms with Crippen LogP contribution in [0.2, 0.25) is 5.02 Å². The van der Waals surface area contributed by atoms with Crippen LogP contribution in [0.25, 0.3) is 0 Å². The lowest BCUT2D eigenvalue weighted by atomic mass is 9.71. The molecule has 0 unspecified atom stereocenters. The summed E-state index contributed by atoms with van der Waals surface area (Å²) in [7, 11) is -3.51. The van der Waals surface area contributed by atoms with E-state index in [0.717, 1.165) is 37.7 Å². The van der Waals surface area contributed by atoms with E-state index < -0.39 is 10.0 Å². The Hall–Kier alpha value is -1.89. The second-order valence-electron chi connectivity index (χ2n) is 7.32. The van der Waals surface area contributed by atoms with Gasteiger partial charge in [-0.2, -0.15) is 0 Å². The van der Waals surface area contributed by atoms with Gasteiger partial charge in [0, 0.05) is 16.6 Å². The zero-order valence-corrected chi connectivity index (χ0v) is 16.3. The van der Waals surface area contributed by atoms with Gasteiger partial charge < -0.3 is 5.32 Å². The van der Waals surface area contributed by atoms with Crippen molar-refractivity contribution in [1.29, 1.82) is 0 Å². The van der Waals surface area contributed by atoms with Crippen LogP contribution in [-0.4, -0.2) is 20.4 Å². The minimum atomic E-state index is -3.51. The summed E-state index contributed by atoms with van der Waals surface area (Å²) in [6, 6.07) is 13.7. The van der Waals surface area contributed by atoms with E-state index in [4.69, 9.17) is 11.6 Å². The van der Waals surface area contributed by atoms with Crippen molar-refractivity contribution in [2.45, 2.75) is 48.6 Å². The smallest absolute Gasteiger partial charge is 0.251 e. The highest BCUT2D eigenvalue weighted by Crippen LogP contribution is 2.41. The first-order valence-corrected chi connectivity index (χ1v) is 11.0. The lowest BCUT2D eigenvalue weighted by molar-refractivity contribution is 0.0823. The van der Waals surface area contributed by atoms with Crippen LogP contribution in [0.15, 0.2) is 53.4 Å². The largest absolute Gasteiger partial charge is 0.343 e. The van der Waals surface area contributed by atoms with Gasteiger partial charge in [0.15, 0.2) is 0 Å². The highest BCUT2D eigenvalue weighted by atomic mass is 35.5. The predicted octanol–water partition coefficient (Wildman–Crippen LogP) is 3.59. The highest BCUT2D eigenvalue weighted by molar-refractivity contribution is 7.89. The second kappa shape index (κ2) is 6.93. The summed E-state index contributed by atoms with van der Waals surface area (Å²) in [5.74, 6) is -0.205. The summed E-state index contributed by atoms with van der Waals surface area (Å²) < 4.78 is 27.1. The van der Waals surface area contributed by atoms with Crippen molar-refractivity contribution in [3.8, 4) is 0 Å². The maximum absolute atomic E-state index is 12.7. The van der Waals surface area contributed by atoms with Gasteiger partial charge in [-0.15, -0.1) is 0 Å². The predicted molar refractivity (Wildman–Crippen MR) is 104 cm³/mol. The number of amides is 1. The standard InChI is InChI=1S/C20H21ClN2O3S/c21-16-6-4-15(5-7-16)20(12-1-13-20)22-19(24)14-2-10-18(11-3-14)27(25,26)23-17-8-9-17/h2-7,10-11,17,23H,1,8-9,12-13H2,(H,22,24). The number of benzene rings is 2. The zero-order valence-electron chi connectivity index (χ0n) is 14.7. The van der Waals surface area contributed by atoms with Crippen molar-refractivity contribution >= 4 is 27.5 Å². The molecule has 0 spiro atoms. The van der Waals surface area contributed by atoms with Gasteiger partial charge in [-0.1, -0.05) is 23.7 Å². The molecule has 2 N–H and O–H groups in total. The lowest BCUT2D eigenvalue weighted by Crippen LogP contribution is -2.50. The van der Waals surface area contributed by atoms with Crippen LogP contribution in [0.3, 0.4) is 0 Å². The second-order valence-corrected chi connectivity index (χ2v) is 9.47. The number of carbonyl (C=O) groups is 1. The van der Waals surface area contributed by atoms with Crippen molar-refractivity contribution in [3.05, 3.63) is 64.7 Å². The van der Waals surface area contributed by atoms with Crippen LogP contribution < -0.4 is 10.0 Å². The minimum Gasteiger partial charge on any atom is -0.343 e. The SMILES string of the molecule is O=C(NC1(c2ccc(Cl)cc2)CCC1)c1ccc(S(=O)(=O)NC2CC2)cc1. The zero-order chi connectivity index (χ0) is 19.1. The van der Waals surface area contributed by atoms with E-state index in [1.54, 1.807) is 12.1 Å². The molecule has 2 saturated carbocycles. The van der Waals surface area contributed by atoms with Crippen LogP contribution in [0.5, 0.6) is 0 Å². The Morgan fingerprint density at radius 2 is 1.63 bits per heavy atom. The Morgan fingerprint density at radius 3 is 2.15 bits per heavy atom. The van der Waals surface area contributed by atoms with Crippen molar-refractivity contribution in [3.63, 3.8) is 0 Å². The van der Waals surface area contributed by atoms with Crippen molar-refractivity contribution < 1.29 is 13.2 Å². The summed E-state index contributed by atoms with van der Waals surface area (Å²) in [5.41, 5.74) is 1.11. The number of nitrogens with one attached hydrogen (secondary N) is 2. The number of sulfonamides is 1. The molecule has 0 bridgehead atoms. The summed E-state index contributed by atoms with van der Waals surface area (Å²) in [6.07, 6.45) is 4.56. The van der Waals surface area contributed by atoms with Gasteiger partial charge in [0.2, 0.25) is 10.0 Å². The molecule has 0 saturated heterocycles. The van der Waals surface area contributed by atoms with E-state index in [-0.39, 0.29) is 22.4 Å². The Kier molecular flexibility index (Phi) is 4.74. The van der Waals surface area contributed by atoms with Gasteiger partial charge in [-0.3, -0.25) is 4.79 Å². The molecule has 0 heterocycles. The average molecular weight is 405 g/mol. The number of halogens is 1. The first kappa shape index (κ1) is 18.5. The molecular formula is C20H21ClN2O3S. The number of rotatable bonds is 6. The molecule has 142 valence electrons. The van der Waals surface area contributed by atoms with Gasteiger partial charge >= 0.3 is 0 Å². The third-order valence-electron chi connectivity index (χ3n) is 5.28. The molecule has 2 aromatic carbocycles. The summed E-state index contributed by atoms with van der Waals surface area (Å²) in [4.78, 5) is 12.9. The van der Waals surface area contributed by atoms with Crippen LogP contribution in [0.1, 0.15) is 48.0 Å². The maximum atomic E-state index is 12.7. The summed E-state index contributed by atoms with van der Waals surface area (Å²) in [6.45, 7) is 0. The summed E-state index contributed by atoms with van der Waals surface area (Å²) in [5, 5.41) is 3.80. The molecule has 0 aliphatic heterocycles. The van der Waals surface area contributed by atoms with Crippen molar-refractivity contribution in [2.24, 2.45) is 0 Å². The van der Waals surface area contributed by atoms with E-state index in [2.05, 4.69) is 10.0 Å². The normalized spacial score (nSPS) is 18.6. The van der Waals surface area contributed by atoms with Gasteiger partial charge in [-0.25, -0.2) is 13.1 Å². The van der Waals surface area contributed by atoms with Gasteiger partial charge in [0.25, 0.3) is 5.91 Å². The molecule has 0 radical (unpaired) electrons. The Morgan fingerprint density at radius 1 is 1.00 bits per heavy atom. The van der Waals surface area contributed by atoms with Gasteiger partial charge in [0.05, 0.1) is 10.4 Å². The quantitative estimate of drug-likeness (QED) is 0.772. The van der Waals surface area contributed by atoms with Crippen molar-refractivity contribution in [1.82, 2.24) is 10.0 Å². The topological polar surface area (TPSA) is 75.3 Å². The molecule has 0 atom stereocenters. The fourth-order valence-corrected chi connectivity index (χ4v) is 4.78. The van der Waals surface area contributed by atoms with Gasteiger partial charge in [0.1, 0.15) is 0 Å². The van der Waals surface area contributed by atoms with E-state index >= 15 is 0 Å². The van der Waals surface area contributed by atoms with E-state index in [1.165, 1.54) is 12.1 Å². The number of hydrogen-bond acceptors (Lipinski definition) is 3. The maximum Gasteiger partial charge on any atom is 0.251 e. The molecule has 0 aromatic heterocycles. The fourth-order valence-electron chi connectivity index (χ4n) is 3.35. The number of carbonyl (C=O) groups excluding carboxylic acids is 1. The number of hydrogen-bond donors (Lipinski definition) is 2. The monoisotopic (exact) mass is 404 g/mol. The molecule has 4 rings (SSSR count). The first-order chi connectivity index (χ1) is 12.9. The fraction of sp³-hybridized carbons (Fsp3) is 0.350. The molecule has 1 amide bonds. The molecule has 2 fully saturated rings. The van der Waals surface area contributed by atoms with Crippen LogP contribution in [0, 0.1) is 0 Å². The third kappa shape index (κ3) is 3.88. The third-order valence-corrected chi connectivity index (χ3v) is 7.07. The van der Waals surface area contributed by atoms with E-state index in [1.807, 2.05) is 24.3 Å². The first-order valence-electron chi connectivity index (χ1n) is 9.09. The molecule has 2 aliphatic carbocycles.